The van der Waals surface area contributed by atoms with Crippen molar-refractivity contribution in [1.29, 1.82) is 0 Å². The molecule has 182 valence electrons. The molecule has 0 saturated heterocycles. The predicted octanol–water partition coefficient (Wildman–Crippen LogP) is 5.51. The summed E-state index contributed by atoms with van der Waals surface area (Å²) < 4.78 is 73.0. The number of amides is 2. The summed E-state index contributed by atoms with van der Waals surface area (Å²) in [5, 5.41) is 2.00. The maximum absolute atomic E-state index is 13.7. The van der Waals surface area contributed by atoms with E-state index in [1.54, 1.807) is 36.7 Å². The Morgan fingerprint density at radius 3 is 2.29 bits per heavy atom. The number of aromatic nitrogens is 1. The molecule has 2 amide bonds. The molecule has 1 N–H and O–H groups in total. The van der Waals surface area contributed by atoms with Crippen LogP contribution >= 0.6 is 0 Å². The van der Waals surface area contributed by atoms with E-state index >= 15 is 0 Å². The summed E-state index contributed by atoms with van der Waals surface area (Å²) in [6, 6.07) is 9.96. The number of ether oxygens (including phenoxy) is 1. The number of hydrogen-bond donors (Lipinski definition) is 1. The lowest BCUT2D eigenvalue weighted by Crippen LogP contribution is -2.41. The number of carbonyl (C=O) groups is 2. The van der Waals surface area contributed by atoms with Gasteiger partial charge in [-0.15, -0.1) is 0 Å². The van der Waals surface area contributed by atoms with E-state index in [2.05, 4.69) is 0 Å². The van der Waals surface area contributed by atoms with E-state index < -0.39 is 30.2 Å². The van der Waals surface area contributed by atoms with E-state index in [0.29, 0.717) is 18.6 Å². The molecule has 0 spiro atoms. The Balaban J connectivity index is 2.04. The molecule has 0 saturated carbocycles. The molecule has 0 bridgehead atoms. The summed E-state index contributed by atoms with van der Waals surface area (Å²) in [6.45, 7) is 4.28. The number of halogens is 5. The van der Waals surface area contributed by atoms with Crippen molar-refractivity contribution < 1.29 is 36.3 Å². The second-order valence-electron chi connectivity index (χ2n) is 7.36. The van der Waals surface area contributed by atoms with Gasteiger partial charge in [-0.2, -0.15) is 8.78 Å². The van der Waals surface area contributed by atoms with Crippen LogP contribution in [-0.4, -0.2) is 46.9 Å². The van der Waals surface area contributed by atoms with Crippen molar-refractivity contribution in [2.75, 3.05) is 18.4 Å². The number of benzene rings is 2. The monoisotopic (exact) mass is 483 g/mol. The molecule has 34 heavy (non-hydrogen) atoms. The van der Waals surface area contributed by atoms with Gasteiger partial charge in [0.1, 0.15) is 5.82 Å². The highest BCUT2D eigenvalue weighted by Gasteiger charge is 2.49. The largest absolute Gasteiger partial charge is 0.415 e. The normalized spacial score (nSPS) is 11.6. The van der Waals surface area contributed by atoms with E-state index in [-0.39, 0.29) is 23.4 Å². The van der Waals surface area contributed by atoms with Crippen LogP contribution in [0, 0.1) is 5.82 Å². The van der Waals surface area contributed by atoms with Crippen molar-refractivity contribution in [2.45, 2.75) is 32.7 Å². The molecular formula is C23H22F5N3O3. The number of rotatable bonds is 8. The van der Waals surface area contributed by atoms with Gasteiger partial charge in [0.2, 0.25) is 0 Å². The second kappa shape index (κ2) is 10.1. The van der Waals surface area contributed by atoms with Crippen LogP contribution in [0.25, 0.3) is 10.9 Å². The summed E-state index contributed by atoms with van der Waals surface area (Å²) in [7, 11) is 0. The number of nitrogens with one attached hydrogen (secondary N) is 1. The zero-order chi connectivity index (χ0) is 25.0. The third-order valence-corrected chi connectivity index (χ3v) is 5.22. The molecule has 0 aliphatic heterocycles. The molecule has 2 aromatic carbocycles. The minimum Gasteiger partial charge on any atom is -0.408 e. The van der Waals surface area contributed by atoms with Crippen LogP contribution < -0.4 is 10.1 Å². The van der Waals surface area contributed by atoms with Gasteiger partial charge in [-0.1, -0.05) is 12.1 Å². The lowest BCUT2D eigenvalue weighted by molar-refractivity contribution is -0.163. The van der Waals surface area contributed by atoms with E-state index in [0.717, 1.165) is 5.56 Å². The average Bonchev–Trinajstić information content (AvgIpc) is 3.20. The molecule has 0 radical (unpaired) electrons. The zero-order valence-electron chi connectivity index (χ0n) is 18.3. The molecule has 0 unspecified atom stereocenters. The molecule has 3 rings (SSSR count). The van der Waals surface area contributed by atoms with Gasteiger partial charge in [-0.05, 0) is 49.7 Å². The average molecular weight is 483 g/mol. The molecule has 11 heteroatoms. The molecule has 6 nitrogen and oxygen atoms in total. The lowest BCUT2D eigenvalue weighted by Gasteiger charge is -2.21. The van der Waals surface area contributed by atoms with Crippen LogP contribution in [0.3, 0.4) is 0 Å². The van der Waals surface area contributed by atoms with Crippen LogP contribution in [0.4, 0.5) is 32.4 Å². The Kier molecular flexibility index (Phi) is 7.43. The zero-order valence-corrected chi connectivity index (χ0v) is 18.3. The summed E-state index contributed by atoms with van der Waals surface area (Å²) >= 11 is 0. The van der Waals surface area contributed by atoms with Gasteiger partial charge < -0.3 is 19.5 Å². The van der Waals surface area contributed by atoms with Crippen LogP contribution in [0.15, 0.2) is 48.7 Å². The molecular weight excluding hydrogens is 461 g/mol. The SMILES string of the molecule is CCN(CC)C(=O)Oc1ccc2c(ccn2Cc2ccc(F)cc2)c1NC(=O)C(F)(F)C(F)F. The minimum absolute atomic E-state index is 0.186. The molecule has 1 aromatic heterocycles. The number of anilines is 1. The Bertz CT molecular complexity index is 1170. The Hall–Kier alpha value is -3.63. The Morgan fingerprint density at radius 1 is 1.06 bits per heavy atom. The summed E-state index contributed by atoms with van der Waals surface area (Å²) in [5.74, 6) is -7.88. The van der Waals surface area contributed by atoms with Gasteiger partial charge in [0.25, 0.3) is 0 Å². The fourth-order valence-corrected chi connectivity index (χ4v) is 3.33. The van der Waals surface area contributed by atoms with Gasteiger partial charge in [0.15, 0.2) is 5.75 Å². The van der Waals surface area contributed by atoms with Gasteiger partial charge in [0.05, 0.1) is 11.2 Å². The highest BCUT2D eigenvalue weighted by molar-refractivity contribution is 6.06. The number of nitrogens with zero attached hydrogens (tertiary/aromatic N) is 2. The molecule has 0 aliphatic carbocycles. The van der Waals surface area contributed by atoms with Gasteiger partial charge in [-0.3, -0.25) is 4.79 Å². The van der Waals surface area contributed by atoms with Crippen LogP contribution in [0.5, 0.6) is 5.75 Å². The molecule has 0 atom stereocenters. The summed E-state index contributed by atoms with van der Waals surface area (Å²) in [6.07, 6.45) is -3.45. The maximum Gasteiger partial charge on any atom is 0.415 e. The topological polar surface area (TPSA) is 63.6 Å². The van der Waals surface area contributed by atoms with E-state index in [1.807, 2.05) is 5.32 Å². The van der Waals surface area contributed by atoms with Crippen molar-refractivity contribution in [3.8, 4) is 5.75 Å². The third kappa shape index (κ3) is 5.13. The van der Waals surface area contributed by atoms with Crippen molar-refractivity contribution in [3.05, 3.63) is 60.0 Å². The van der Waals surface area contributed by atoms with Gasteiger partial charge >= 0.3 is 24.3 Å². The predicted molar refractivity (Wildman–Crippen MR) is 116 cm³/mol. The first-order valence-corrected chi connectivity index (χ1v) is 10.4. The number of alkyl halides is 4. The Morgan fingerprint density at radius 2 is 1.71 bits per heavy atom. The fraction of sp³-hybridized carbons (Fsp3) is 0.304. The molecule has 0 aliphatic rings. The fourth-order valence-electron chi connectivity index (χ4n) is 3.33. The first-order valence-electron chi connectivity index (χ1n) is 10.4. The summed E-state index contributed by atoms with van der Waals surface area (Å²) in [5.41, 5.74) is 0.814. The van der Waals surface area contributed by atoms with Crippen molar-refractivity contribution >= 4 is 28.6 Å². The Labute approximate surface area is 191 Å². The highest BCUT2D eigenvalue weighted by atomic mass is 19.3. The van der Waals surface area contributed by atoms with Gasteiger partial charge in [0, 0.05) is 31.2 Å². The van der Waals surface area contributed by atoms with E-state index in [9.17, 15) is 31.5 Å². The van der Waals surface area contributed by atoms with Crippen LogP contribution in [0.2, 0.25) is 0 Å². The second-order valence-corrected chi connectivity index (χ2v) is 7.36. The van der Waals surface area contributed by atoms with Crippen LogP contribution in [-0.2, 0) is 11.3 Å². The van der Waals surface area contributed by atoms with Gasteiger partial charge in [-0.25, -0.2) is 18.0 Å². The number of fused-ring (bicyclic) bond motifs is 1. The minimum atomic E-state index is -4.96. The molecule has 0 fully saturated rings. The molecule has 3 aromatic rings. The maximum atomic E-state index is 13.7. The van der Waals surface area contributed by atoms with E-state index in [1.165, 1.54) is 35.2 Å². The first kappa shape index (κ1) is 25.0. The van der Waals surface area contributed by atoms with Crippen molar-refractivity contribution in [1.82, 2.24) is 9.47 Å². The third-order valence-electron chi connectivity index (χ3n) is 5.22. The van der Waals surface area contributed by atoms with Crippen molar-refractivity contribution in [2.24, 2.45) is 0 Å². The smallest absolute Gasteiger partial charge is 0.408 e. The van der Waals surface area contributed by atoms with Crippen molar-refractivity contribution in [3.63, 3.8) is 0 Å². The quantitative estimate of drug-likeness (QED) is 0.430. The van der Waals surface area contributed by atoms with E-state index in [4.69, 9.17) is 4.74 Å². The highest BCUT2D eigenvalue weighted by Crippen LogP contribution is 2.36. The first-order chi connectivity index (χ1) is 16.1. The number of hydrogen-bond acceptors (Lipinski definition) is 3. The molecule has 1 heterocycles. The lowest BCUT2D eigenvalue weighted by atomic mass is 10.1. The summed E-state index contributed by atoms with van der Waals surface area (Å²) in [4.78, 5) is 25.7. The van der Waals surface area contributed by atoms with Crippen LogP contribution in [0.1, 0.15) is 19.4 Å². The number of carbonyl (C=O) groups excluding carboxylic acids is 2. The standard InChI is InChI=1S/C23H22F5N3O3/c1-3-30(4-2)22(33)34-18-10-9-17-16(19(18)29-21(32)23(27,28)20(25)26)11-12-31(17)13-14-5-7-15(24)8-6-14/h5-12,20H,3-4,13H2,1-2H3,(H,29,32).